The first-order valence-electron chi connectivity index (χ1n) is 12.8. The van der Waals surface area contributed by atoms with Gasteiger partial charge in [0.25, 0.3) is 0 Å². The molecule has 40 heavy (non-hydrogen) atoms. The van der Waals surface area contributed by atoms with Crippen molar-refractivity contribution in [3.8, 4) is 17.0 Å². The standard InChI is InChI=1S/C28H27ClFN9O/c1-40-19-5-3-17(4-6-19)21-11-18(13-39-16-36-24-26(31)34-15-35-27(24)39)22(12-33-21)38-10-2-9-28(32,14-38)23-8-7-20(30)25(29)37-23/h3-8,11-12,15-16H,2,9-10,13-14,32H2,1H3,(H2,31,34,35)/t28-/m1/s1. The predicted octanol–water partition coefficient (Wildman–Crippen LogP) is 4.17. The summed E-state index contributed by atoms with van der Waals surface area (Å²) in [5.74, 6) is 0.524. The zero-order chi connectivity index (χ0) is 27.9. The van der Waals surface area contributed by atoms with Crippen molar-refractivity contribution in [3.63, 3.8) is 0 Å². The Hall–Kier alpha value is -4.35. The third-order valence-corrected chi connectivity index (χ3v) is 7.56. The Kier molecular flexibility index (Phi) is 6.68. The molecule has 0 saturated carbocycles. The highest BCUT2D eigenvalue weighted by molar-refractivity contribution is 6.29. The van der Waals surface area contributed by atoms with Crippen molar-refractivity contribution < 1.29 is 9.13 Å². The Morgan fingerprint density at radius 3 is 2.70 bits per heavy atom. The highest BCUT2D eigenvalue weighted by atomic mass is 35.5. The predicted molar refractivity (Wildman–Crippen MR) is 152 cm³/mol. The topological polar surface area (TPSA) is 134 Å². The number of hydrogen-bond donors (Lipinski definition) is 2. The number of piperidine rings is 1. The van der Waals surface area contributed by atoms with Gasteiger partial charge >= 0.3 is 0 Å². The molecule has 0 spiro atoms. The fourth-order valence-corrected chi connectivity index (χ4v) is 5.37. The Balaban J connectivity index is 1.40. The van der Waals surface area contributed by atoms with Gasteiger partial charge in [0, 0.05) is 18.7 Å². The smallest absolute Gasteiger partial charge is 0.165 e. The largest absolute Gasteiger partial charge is 0.497 e. The van der Waals surface area contributed by atoms with E-state index in [1.54, 1.807) is 19.5 Å². The fourth-order valence-electron chi connectivity index (χ4n) is 5.21. The van der Waals surface area contributed by atoms with Crippen LogP contribution in [0.5, 0.6) is 5.75 Å². The van der Waals surface area contributed by atoms with Crippen molar-refractivity contribution in [2.45, 2.75) is 24.9 Å². The molecule has 4 aromatic heterocycles. The average Bonchev–Trinajstić information content (AvgIpc) is 3.38. The van der Waals surface area contributed by atoms with Gasteiger partial charge in [0.1, 0.15) is 17.6 Å². The number of fused-ring (bicyclic) bond motifs is 1. The molecule has 1 aliphatic rings. The molecular weight excluding hydrogens is 533 g/mol. The second-order valence-corrected chi connectivity index (χ2v) is 10.2. The molecule has 0 aliphatic carbocycles. The second-order valence-electron chi connectivity index (χ2n) is 9.88. The number of imidazole rings is 1. The van der Waals surface area contributed by atoms with E-state index in [0.29, 0.717) is 42.2 Å². The lowest BCUT2D eigenvalue weighted by atomic mass is 9.86. The first-order valence-corrected chi connectivity index (χ1v) is 13.1. The van der Waals surface area contributed by atoms with Gasteiger partial charge in [-0.3, -0.25) is 4.98 Å². The van der Waals surface area contributed by atoms with Gasteiger partial charge in [-0.15, -0.1) is 0 Å². The van der Waals surface area contributed by atoms with Crippen LogP contribution in [-0.4, -0.2) is 49.7 Å². The van der Waals surface area contributed by atoms with Gasteiger partial charge in [0.15, 0.2) is 22.4 Å². The number of methoxy groups -OCH3 is 1. The first-order chi connectivity index (χ1) is 19.3. The fraction of sp³-hybridized carbons (Fsp3) is 0.250. The van der Waals surface area contributed by atoms with Crippen molar-refractivity contribution >= 4 is 34.3 Å². The molecule has 0 bridgehead atoms. The SMILES string of the molecule is COc1ccc(-c2cc(Cn3cnc4c(N)ncnc43)c(N3CCC[C@](N)(c4ccc(F)c(Cl)n4)C3)cn2)cc1. The van der Waals surface area contributed by atoms with Crippen LogP contribution in [0, 0.1) is 5.82 Å². The molecule has 0 radical (unpaired) electrons. The minimum absolute atomic E-state index is 0.182. The van der Waals surface area contributed by atoms with Gasteiger partial charge in [-0.05, 0) is 60.9 Å². The molecule has 0 amide bonds. The highest BCUT2D eigenvalue weighted by Crippen LogP contribution is 2.35. The first kappa shape index (κ1) is 25.9. The number of benzene rings is 1. The van der Waals surface area contributed by atoms with Gasteiger partial charge in [-0.2, -0.15) is 0 Å². The maximum absolute atomic E-state index is 13.8. The van der Waals surface area contributed by atoms with E-state index in [9.17, 15) is 4.39 Å². The van der Waals surface area contributed by atoms with Crippen molar-refractivity contribution in [2.75, 3.05) is 30.8 Å². The lowest BCUT2D eigenvalue weighted by Crippen LogP contribution is -2.52. The Bertz CT molecular complexity index is 1690. The van der Waals surface area contributed by atoms with E-state index in [0.717, 1.165) is 41.2 Å². The van der Waals surface area contributed by atoms with Gasteiger partial charge in [0.2, 0.25) is 0 Å². The van der Waals surface area contributed by atoms with Crippen LogP contribution in [0.2, 0.25) is 5.15 Å². The number of anilines is 2. The third kappa shape index (κ3) is 4.78. The van der Waals surface area contributed by atoms with Crippen molar-refractivity contribution in [2.24, 2.45) is 5.73 Å². The number of nitrogen functional groups attached to an aromatic ring is 1. The average molecular weight is 560 g/mol. The van der Waals surface area contributed by atoms with Crippen molar-refractivity contribution in [1.82, 2.24) is 29.5 Å². The Morgan fingerprint density at radius 2 is 1.93 bits per heavy atom. The molecule has 1 aliphatic heterocycles. The lowest BCUT2D eigenvalue weighted by molar-refractivity contribution is 0.344. The van der Waals surface area contributed by atoms with Crippen molar-refractivity contribution in [1.29, 1.82) is 0 Å². The summed E-state index contributed by atoms with van der Waals surface area (Å²) in [5.41, 5.74) is 17.5. The summed E-state index contributed by atoms with van der Waals surface area (Å²) in [7, 11) is 1.64. The van der Waals surface area contributed by atoms with Crippen LogP contribution in [0.25, 0.3) is 22.4 Å². The van der Waals surface area contributed by atoms with E-state index in [1.807, 2.05) is 35.0 Å². The minimum Gasteiger partial charge on any atom is -0.497 e. The molecule has 4 N–H and O–H groups in total. The summed E-state index contributed by atoms with van der Waals surface area (Å²) in [4.78, 5) is 24.2. The molecule has 1 fully saturated rings. The number of halogens is 2. The quantitative estimate of drug-likeness (QED) is 0.294. The molecular formula is C28H27ClFN9O. The van der Waals surface area contributed by atoms with Crippen LogP contribution in [0.15, 0.2) is 61.3 Å². The number of rotatable bonds is 6. The number of ether oxygens (including phenoxy) is 1. The summed E-state index contributed by atoms with van der Waals surface area (Å²) >= 11 is 6.01. The molecule has 1 atom stereocenters. The van der Waals surface area contributed by atoms with Crippen LogP contribution in [0.3, 0.4) is 0 Å². The monoisotopic (exact) mass is 559 g/mol. The summed E-state index contributed by atoms with van der Waals surface area (Å²) in [6.07, 6.45) is 6.51. The molecule has 1 aromatic carbocycles. The van der Waals surface area contributed by atoms with Crippen LogP contribution in [-0.2, 0) is 12.1 Å². The summed E-state index contributed by atoms with van der Waals surface area (Å²) < 4.78 is 21.1. The molecule has 0 unspecified atom stereocenters. The van der Waals surface area contributed by atoms with Crippen LogP contribution < -0.4 is 21.1 Å². The van der Waals surface area contributed by atoms with Crippen LogP contribution >= 0.6 is 11.6 Å². The van der Waals surface area contributed by atoms with Crippen LogP contribution in [0.4, 0.5) is 15.9 Å². The van der Waals surface area contributed by atoms with E-state index in [2.05, 4.69) is 30.9 Å². The van der Waals surface area contributed by atoms with Gasteiger partial charge in [-0.1, -0.05) is 11.6 Å². The van der Waals surface area contributed by atoms with Gasteiger partial charge in [-0.25, -0.2) is 24.3 Å². The van der Waals surface area contributed by atoms with Gasteiger partial charge in [0.05, 0.1) is 48.8 Å². The number of nitrogens with zero attached hydrogens (tertiary/aromatic N) is 7. The number of aromatic nitrogens is 6. The van der Waals surface area contributed by atoms with E-state index in [4.69, 9.17) is 32.8 Å². The molecule has 12 heteroatoms. The summed E-state index contributed by atoms with van der Waals surface area (Å²) in [5, 5.41) is -0.182. The maximum Gasteiger partial charge on any atom is 0.165 e. The Morgan fingerprint density at radius 1 is 1.10 bits per heavy atom. The minimum atomic E-state index is -0.815. The highest BCUT2D eigenvalue weighted by Gasteiger charge is 2.36. The summed E-state index contributed by atoms with van der Waals surface area (Å²) in [6.45, 7) is 1.69. The Labute approximate surface area is 234 Å². The number of hydrogen-bond acceptors (Lipinski definition) is 9. The van der Waals surface area contributed by atoms with Crippen molar-refractivity contribution in [3.05, 3.63) is 83.5 Å². The van der Waals surface area contributed by atoms with Gasteiger partial charge < -0.3 is 25.7 Å². The zero-order valence-corrected chi connectivity index (χ0v) is 22.5. The molecule has 5 aromatic rings. The molecule has 204 valence electrons. The van der Waals surface area contributed by atoms with E-state index < -0.39 is 11.4 Å². The lowest BCUT2D eigenvalue weighted by Gasteiger charge is -2.41. The van der Waals surface area contributed by atoms with Crippen LogP contribution in [0.1, 0.15) is 24.1 Å². The molecule has 6 rings (SSSR count). The molecule has 5 heterocycles. The van der Waals surface area contributed by atoms with E-state index in [-0.39, 0.29) is 5.15 Å². The summed E-state index contributed by atoms with van der Waals surface area (Å²) in [6, 6.07) is 12.7. The third-order valence-electron chi connectivity index (χ3n) is 7.30. The normalized spacial score (nSPS) is 17.4. The number of pyridine rings is 2. The molecule has 10 nitrogen and oxygen atoms in total. The number of nitrogens with two attached hydrogens (primary N) is 2. The molecule has 1 saturated heterocycles. The zero-order valence-electron chi connectivity index (χ0n) is 21.8. The van der Waals surface area contributed by atoms with E-state index >= 15 is 0 Å². The maximum atomic E-state index is 13.8. The second kappa shape index (κ2) is 10.3. The van der Waals surface area contributed by atoms with E-state index in [1.165, 1.54) is 12.4 Å².